The number of para-hydroxylation sites is 1. The number of hydrogen-bond donors (Lipinski definition) is 0. The molecule has 0 saturated carbocycles. The second kappa shape index (κ2) is 4.80. The Labute approximate surface area is 118 Å². The standard InChI is InChI=1S/C16H15NO2S/c1-2-13-12-17(16-11-7-6-10-15(13)16)20(18,19)14-8-4-3-5-9-14/h3-12H,2H2,1H3. The maximum Gasteiger partial charge on any atom is 0.268 e. The summed E-state index contributed by atoms with van der Waals surface area (Å²) < 4.78 is 26.9. The largest absolute Gasteiger partial charge is 0.268 e. The molecule has 2 aromatic carbocycles. The molecule has 0 amide bonds. The van der Waals surface area contributed by atoms with Crippen LogP contribution in [0.4, 0.5) is 0 Å². The summed E-state index contributed by atoms with van der Waals surface area (Å²) in [5.74, 6) is 0. The number of aryl methyl sites for hydroxylation is 1. The normalized spacial score (nSPS) is 11.8. The molecule has 3 aromatic rings. The second-order valence-electron chi connectivity index (χ2n) is 4.64. The maximum absolute atomic E-state index is 12.7. The lowest BCUT2D eigenvalue weighted by Gasteiger charge is -2.07. The molecule has 0 saturated heterocycles. The van der Waals surface area contributed by atoms with Crippen molar-refractivity contribution in [2.45, 2.75) is 18.2 Å². The monoisotopic (exact) mass is 285 g/mol. The van der Waals surface area contributed by atoms with Crippen molar-refractivity contribution >= 4 is 20.9 Å². The van der Waals surface area contributed by atoms with Gasteiger partial charge < -0.3 is 0 Å². The Balaban J connectivity index is 2.30. The molecule has 3 rings (SSSR count). The SMILES string of the molecule is CCc1cn(S(=O)(=O)c2ccccc2)c2ccccc12. The third kappa shape index (κ3) is 1.93. The van der Waals surface area contributed by atoms with Gasteiger partial charge in [0, 0.05) is 11.6 Å². The van der Waals surface area contributed by atoms with Crippen molar-refractivity contribution in [2.75, 3.05) is 0 Å². The number of hydrogen-bond acceptors (Lipinski definition) is 2. The minimum absolute atomic E-state index is 0.309. The molecule has 20 heavy (non-hydrogen) atoms. The Morgan fingerprint density at radius 3 is 2.30 bits per heavy atom. The highest BCUT2D eigenvalue weighted by Gasteiger charge is 2.20. The number of benzene rings is 2. The van der Waals surface area contributed by atoms with E-state index in [4.69, 9.17) is 0 Å². The van der Waals surface area contributed by atoms with Crippen molar-refractivity contribution in [3.63, 3.8) is 0 Å². The number of rotatable bonds is 3. The Hall–Kier alpha value is -2.07. The highest BCUT2D eigenvalue weighted by molar-refractivity contribution is 7.90. The van der Waals surface area contributed by atoms with Crippen molar-refractivity contribution in [2.24, 2.45) is 0 Å². The van der Waals surface area contributed by atoms with Crippen molar-refractivity contribution in [3.8, 4) is 0 Å². The van der Waals surface area contributed by atoms with Gasteiger partial charge in [-0.1, -0.05) is 43.3 Å². The molecular weight excluding hydrogens is 270 g/mol. The van der Waals surface area contributed by atoms with Gasteiger partial charge in [-0.05, 0) is 30.2 Å². The Morgan fingerprint density at radius 2 is 1.60 bits per heavy atom. The summed E-state index contributed by atoms with van der Waals surface area (Å²) in [4.78, 5) is 0.309. The fraction of sp³-hybridized carbons (Fsp3) is 0.125. The molecule has 0 atom stereocenters. The van der Waals surface area contributed by atoms with Gasteiger partial charge in [0.05, 0.1) is 10.4 Å². The fourth-order valence-electron chi connectivity index (χ4n) is 2.40. The zero-order valence-electron chi connectivity index (χ0n) is 11.2. The van der Waals surface area contributed by atoms with E-state index in [0.29, 0.717) is 4.90 Å². The van der Waals surface area contributed by atoms with Gasteiger partial charge in [-0.3, -0.25) is 0 Å². The molecule has 0 aliphatic carbocycles. The first-order valence-electron chi connectivity index (χ1n) is 6.54. The predicted octanol–water partition coefficient (Wildman–Crippen LogP) is 3.44. The third-order valence-electron chi connectivity index (χ3n) is 3.44. The van der Waals surface area contributed by atoms with Crippen molar-refractivity contribution in [1.82, 2.24) is 3.97 Å². The molecule has 1 heterocycles. The Bertz CT molecular complexity index is 849. The molecule has 102 valence electrons. The van der Waals surface area contributed by atoms with Crippen LogP contribution in [0.5, 0.6) is 0 Å². The molecule has 0 bridgehead atoms. The van der Waals surface area contributed by atoms with Crippen LogP contribution in [-0.2, 0) is 16.4 Å². The van der Waals surface area contributed by atoms with Gasteiger partial charge in [-0.2, -0.15) is 0 Å². The molecule has 0 aliphatic heterocycles. The molecule has 1 aromatic heterocycles. The first-order chi connectivity index (χ1) is 9.64. The summed E-state index contributed by atoms with van der Waals surface area (Å²) >= 11 is 0. The van der Waals surface area contributed by atoms with Crippen LogP contribution < -0.4 is 0 Å². The molecule has 0 spiro atoms. The van der Waals surface area contributed by atoms with Crippen LogP contribution >= 0.6 is 0 Å². The van der Waals surface area contributed by atoms with E-state index in [9.17, 15) is 8.42 Å². The van der Waals surface area contributed by atoms with Gasteiger partial charge in [0.25, 0.3) is 10.0 Å². The van der Waals surface area contributed by atoms with Crippen LogP contribution in [-0.4, -0.2) is 12.4 Å². The lowest BCUT2D eigenvalue weighted by molar-refractivity contribution is 0.589. The van der Waals surface area contributed by atoms with Crippen molar-refractivity contribution in [1.29, 1.82) is 0 Å². The molecule has 0 unspecified atom stereocenters. The third-order valence-corrected chi connectivity index (χ3v) is 5.13. The van der Waals surface area contributed by atoms with Gasteiger partial charge in [-0.25, -0.2) is 12.4 Å². The highest BCUT2D eigenvalue weighted by Crippen LogP contribution is 2.26. The van der Waals surface area contributed by atoms with Crippen LogP contribution in [0.3, 0.4) is 0 Å². The van der Waals surface area contributed by atoms with Gasteiger partial charge in [0.2, 0.25) is 0 Å². The van der Waals surface area contributed by atoms with Crippen LogP contribution in [0.15, 0.2) is 65.7 Å². The first kappa shape index (κ1) is 12.9. The van der Waals surface area contributed by atoms with Crippen LogP contribution in [0.2, 0.25) is 0 Å². The first-order valence-corrected chi connectivity index (χ1v) is 7.98. The van der Waals surface area contributed by atoms with Crippen molar-refractivity contribution < 1.29 is 8.42 Å². The van der Waals surface area contributed by atoms with Crippen LogP contribution in [0, 0.1) is 0 Å². The Morgan fingerprint density at radius 1 is 0.950 bits per heavy atom. The summed E-state index contributed by atoms with van der Waals surface area (Å²) in [6.45, 7) is 2.03. The minimum Gasteiger partial charge on any atom is -0.241 e. The number of nitrogens with zero attached hydrogens (tertiary/aromatic N) is 1. The van der Waals surface area contributed by atoms with E-state index >= 15 is 0 Å². The molecule has 0 aliphatic rings. The summed E-state index contributed by atoms with van der Waals surface area (Å²) in [6, 6.07) is 16.1. The van der Waals surface area contributed by atoms with Gasteiger partial charge in [-0.15, -0.1) is 0 Å². The number of aromatic nitrogens is 1. The van der Waals surface area contributed by atoms with E-state index in [-0.39, 0.29) is 0 Å². The number of fused-ring (bicyclic) bond motifs is 1. The zero-order chi connectivity index (χ0) is 14.2. The van der Waals surface area contributed by atoms with E-state index in [1.807, 2.05) is 37.3 Å². The quantitative estimate of drug-likeness (QED) is 0.739. The van der Waals surface area contributed by atoms with E-state index in [2.05, 4.69) is 0 Å². The summed E-state index contributed by atoms with van der Waals surface area (Å²) in [7, 11) is -3.54. The van der Waals surface area contributed by atoms with Crippen LogP contribution in [0.25, 0.3) is 10.9 Å². The topological polar surface area (TPSA) is 39.1 Å². The lowest BCUT2D eigenvalue weighted by atomic mass is 10.1. The zero-order valence-corrected chi connectivity index (χ0v) is 12.0. The maximum atomic E-state index is 12.7. The van der Waals surface area contributed by atoms with E-state index in [1.165, 1.54) is 3.97 Å². The summed E-state index contributed by atoms with van der Waals surface area (Å²) in [6.07, 6.45) is 2.53. The highest BCUT2D eigenvalue weighted by atomic mass is 32.2. The lowest BCUT2D eigenvalue weighted by Crippen LogP contribution is -2.11. The smallest absolute Gasteiger partial charge is 0.241 e. The summed E-state index contributed by atoms with van der Waals surface area (Å²) in [5.41, 5.74) is 1.77. The molecule has 3 nitrogen and oxygen atoms in total. The second-order valence-corrected chi connectivity index (χ2v) is 6.45. The van der Waals surface area contributed by atoms with Gasteiger partial charge in [0.1, 0.15) is 0 Å². The predicted molar refractivity (Wildman–Crippen MR) is 80.3 cm³/mol. The van der Waals surface area contributed by atoms with E-state index in [0.717, 1.165) is 22.9 Å². The van der Waals surface area contributed by atoms with Gasteiger partial charge in [0.15, 0.2) is 0 Å². The fourth-order valence-corrected chi connectivity index (χ4v) is 3.82. The molecule has 0 N–H and O–H groups in total. The molecule has 0 radical (unpaired) electrons. The molecule has 0 fully saturated rings. The van der Waals surface area contributed by atoms with Crippen LogP contribution in [0.1, 0.15) is 12.5 Å². The molecular formula is C16H15NO2S. The average molecular weight is 285 g/mol. The van der Waals surface area contributed by atoms with Gasteiger partial charge >= 0.3 is 0 Å². The van der Waals surface area contributed by atoms with E-state index in [1.54, 1.807) is 30.5 Å². The summed E-state index contributed by atoms with van der Waals surface area (Å²) in [5, 5.41) is 0.995. The van der Waals surface area contributed by atoms with Crippen molar-refractivity contribution in [3.05, 3.63) is 66.4 Å². The Kier molecular flexibility index (Phi) is 3.10. The minimum atomic E-state index is -3.54. The van der Waals surface area contributed by atoms with E-state index < -0.39 is 10.0 Å². The average Bonchev–Trinajstić information content (AvgIpc) is 2.88. The molecule has 4 heteroatoms.